The van der Waals surface area contributed by atoms with Gasteiger partial charge >= 0.3 is 6.09 Å². The number of carbonyl (C=O) groups excluding carboxylic acids is 1. The Morgan fingerprint density at radius 3 is 2.56 bits per heavy atom. The van der Waals surface area contributed by atoms with Gasteiger partial charge < -0.3 is 20.1 Å². The molecule has 140 valence electrons. The largest absolute Gasteiger partial charge is 0.489 e. The zero-order chi connectivity index (χ0) is 18.8. The number of nitrogen functional groups attached to an aromatic ring is 1. The normalized spacial score (nSPS) is 18.4. The molecule has 1 heterocycles. The second-order valence-electron chi connectivity index (χ2n) is 8.10. The van der Waals surface area contributed by atoms with Gasteiger partial charge in [0.05, 0.1) is 17.8 Å². The number of carbonyl (C=O) groups is 1. The number of rotatable bonds is 3. The molecule has 0 saturated carbocycles. The van der Waals surface area contributed by atoms with Crippen molar-refractivity contribution in [3.8, 4) is 5.75 Å². The molecule has 1 fully saturated rings. The molecule has 1 aromatic carbocycles. The predicted octanol–water partition coefficient (Wildman–Crippen LogP) is 4.83. The van der Waals surface area contributed by atoms with Gasteiger partial charge in [-0.15, -0.1) is 0 Å². The maximum atomic E-state index is 12.7. The topological polar surface area (TPSA) is 64.8 Å². The fourth-order valence-electron chi connectivity index (χ4n) is 3.24. The third-order valence-electron chi connectivity index (χ3n) is 4.25. The molecule has 2 rings (SSSR count). The fourth-order valence-corrected chi connectivity index (χ4v) is 3.24. The number of aryl methyl sites for hydroxylation is 1. The number of piperidine rings is 1. The van der Waals surface area contributed by atoms with E-state index in [-0.39, 0.29) is 18.2 Å². The molecule has 0 aliphatic carbocycles. The maximum Gasteiger partial charge on any atom is 0.410 e. The van der Waals surface area contributed by atoms with E-state index < -0.39 is 5.60 Å². The fraction of sp³-hybridized carbons (Fsp3) is 0.650. The highest BCUT2D eigenvalue weighted by Gasteiger charge is 2.32. The first-order chi connectivity index (χ1) is 11.6. The molecule has 1 saturated heterocycles. The number of nitrogens with two attached hydrogens (primary N) is 1. The quantitative estimate of drug-likeness (QED) is 0.795. The summed E-state index contributed by atoms with van der Waals surface area (Å²) in [5, 5.41) is 0. The molecule has 1 aliphatic heterocycles. The first kappa shape index (κ1) is 19.4. The van der Waals surface area contributed by atoms with Gasteiger partial charge in [-0.2, -0.15) is 0 Å². The Balaban J connectivity index is 2.34. The third-order valence-corrected chi connectivity index (χ3v) is 4.25. The van der Waals surface area contributed by atoms with Crippen LogP contribution in [-0.2, 0) is 4.74 Å². The van der Waals surface area contributed by atoms with Crippen LogP contribution >= 0.6 is 0 Å². The Labute approximate surface area is 151 Å². The van der Waals surface area contributed by atoms with E-state index in [0.29, 0.717) is 18.0 Å². The van der Waals surface area contributed by atoms with Crippen molar-refractivity contribution in [2.24, 2.45) is 0 Å². The van der Waals surface area contributed by atoms with Crippen molar-refractivity contribution >= 4 is 11.8 Å². The highest BCUT2D eigenvalue weighted by Crippen LogP contribution is 2.37. The Morgan fingerprint density at radius 2 is 1.96 bits per heavy atom. The van der Waals surface area contributed by atoms with E-state index in [2.05, 4.69) is 0 Å². The average Bonchev–Trinajstić information content (AvgIpc) is 2.48. The molecular formula is C20H32N2O3. The number of benzene rings is 1. The minimum absolute atomic E-state index is 0.00119. The van der Waals surface area contributed by atoms with Gasteiger partial charge in [0.2, 0.25) is 0 Å². The summed E-state index contributed by atoms with van der Waals surface area (Å²) in [6, 6.07) is 3.94. The van der Waals surface area contributed by atoms with Gasteiger partial charge in [-0.3, -0.25) is 0 Å². The van der Waals surface area contributed by atoms with E-state index in [1.54, 1.807) is 0 Å². The second-order valence-corrected chi connectivity index (χ2v) is 8.10. The van der Waals surface area contributed by atoms with Crippen LogP contribution in [0.4, 0.5) is 10.5 Å². The summed E-state index contributed by atoms with van der Waals surface area (Å²) in [6.45, 7) is 12.4. The molecule has 25 heavy (non-hydrogen) atoms. The summed E-state index contributed by atoms with van der Waals surface area (Å²) in [4.78, 5) is 14.5. The van der Waals surface area contributed by atoms with E-state index in [1.807, 2.05) is 58.6 Å². The number of likely N-dealkylation sites (tertiary alicyclic amines) is 1. The Morgan fingerprint density at radius 1 is 1.28 bits per heavy atom. The zero-order valence-electron chi connectivity index (χ0n) is 16.4. The molecule has 1 atom stereocenters. The number of anilines is 1. The minimum Gasteiger partial charge on any atom is -0.489 e. The Kier molecular flexibility index (Phi) is 5.86. The molecule has 1 amide bonds. The van der Waals surface area contributed by atoms with Crippen LogP contribution in [0.2, 0.25) is 0 Å². The van der Waals surface area contributed by atoms with E-state index in [0.717, 1.165) is 30.4 Å². The van der Waals surface area contributed by atoms with Gasteiger partial charge in [0.1, 0.15) is 11.4 Å². The molecular weight excluding hydrogens is 316 g/mol. The molecule has 0 radical (unpaired) electrons. The number of hydrogen-bond donors (Lipinski definition) is 1. The van der Waals surface area contributed by atoms with Crippen molar-refractivity contribution < 1.29 is 14.3 Å². The van der Waals surface area contributed by atoms with E-state index in [1.165, 1.54) is 0 Å². The van der Waals surface area contributed by atoms with E-state index in [9.17, 15) is 4.79 Å². The lowest BCUT2D eigenvalue weighted by Crippen LogP contribution is -2.42. The molecule has 5 heteroatoms. The van der Waals surface area contributed by atoms with Crippen LogP contribution in [-0.4, -0.2) is 29.2 Å². The Hall–Kier alpha value is -1.91. The van der Waals surface area contributed by atoms with Crippen LogP contribution < -0.4 is 10.5 Å². The average molecular weight is 348 g/mol. The summed E-state index contributed by atoms with van der Waals surface area (Å²) in [6.07, 6.45) is 2.81. The van der Waals surface area contributed by atoms with Crippen molar-refractivity contribution in [3.05, 3.63) is 23.3 Å². The maximum absolute atomic E-state index is 12.7. The van der Waals surface area contributed by atoms with Crippen molar-refractivity contribution in [1.29, 1.82) is 0 Å². The molecule has 2 N–H and O–H groups in total. The first-order valence-corrected chi connectivity index (χ1v) is 9.15. The lowest BCUT2D eigenvalue weighted by Gasteiger charge is -2.37. The van der Waals surface area contributed by atoms with Gasteiger partial charge in [-0.25, -0.2) is 4.79 Å². The lowest BCUT2D eigenvalue weighted by molar-refractivity contribution is 0.00941. The van der Waals surface area contributed by atoms with Gasteiger partial charge in [-0.1, -0.05) is 0 Å². The zero-order valence-corrected chi connectivity index (χ0v) is 16.4. The van der Waals surface area contributed by atoms with Crippen molar-refractivity contribution in [1.82, 2.24) is 4.90 Å². The highest BCUT2D eigenvalue weighted by atomic mass is 16.6. The van der Waals surface area contributed by atoms with Gasteiger partial charge in [0.25, 0.3) is 0 Å². The lowest BCUT2D eigenvalue weighted by atomic mass is 9.92. The number of amides is 1. The Bertz CT molecular complexity index is 620. The summed E-state index contributed by atoms with van der Waals surface area (Å²) < 4.78 is 11.5. The van der Waals surface area contributed by atoms with E-state index in [4.69, 9.17) is 15.2 Å². The van der Waals surface area contributed by atoms with Crippen molar-refractivity contribution in [2.75, 3.05) is 12.3 Å². The van der Waals surface area contributed by atoms with Crippen LogP contribution in [0.1, 0.15) is 71.0 Å². The van der Waals surface area contributed by atoms with Crippen molar-refractivity contribution in [2.45, 2.75) is 78.6 Å². The molecule has 1 aliphatic rings. The number of hydrogen-bond acceptors (Lipinski definition) is 4. The van der Waals surface area contributed by atoms with Crippen LogP contribution in [0.25, 0.3) is 0 Å². The van der Waals surface area contributed by atoms with Crippen LogP contribution in [0, 0.1) is 6.92 Å². The molecule has 5 nitrogen and oxygen atoms in total. The van der Waals surface area contributed by atoms with Crippen molar-refractivity contribution in [3.63, 3.8) is 0 Å². The summed E-state index contributed by atoms with van der Waals surface area (Å²) >= 11 is 0. The summed E-state index contributed by atoms with van der Waals surface area (Å²) in [5.74, 6) is 0.685. The van der Waals surface area contributed by atoms with Gasteiger partial charge in [-0.05, 0) is 84.1 Å². The molecule has 0 bridgehead atoms. The molecule has 1 unspecified atom stereocenters. The SMILES string of the molecule is Cc1cc(N)c(OC(C)C)cc1C1CCCCN1C(=O)OC(C)(C)C. The predicted molar refractivity (Wildman–Crippen MR) is 101 cm³/mol. The van der Waals surface area contributed by atoms with Crippen LogP contribution in [0.3, 0.4) is 0 Å². The van der Waals surface area contributed by atoms with E-state index >= 15 is 0 Å². The molecule has 0 aromatic heterocycles. The highest BCUT2D eigenvalue weighted by molar-refractivity contribution is 5.69. The second kappa shape index (κ2) is 7.54. The van der Waals surface area contributed by atoms with Gasteiger partial charge in [0, 0.05) is 6.54 Å². The molecule has 1 aromatic rings. The smallest absolute Gasteiger partial charge is 0.410 e. The van der Waals surface area contributed by atoms with Crippen LogP contribution in [0.15, 0.2) is 12.1 Å². The first-order valence-electron chi connectivity index (χ1n) is 9.15. The summed E-state index contributed by atoms with van der Waals surface area (Å²) in [7, 11) is 0. The summed E-state index contributed by atoms with van der Waals surface area (Å²) in [5.41, 5.74) is 8.42. The standard InChI is InChI=1S/C20H32N2O3/c1-13(2)24-18-12-15(14(3)11-16(18)21)17-9-7-8-10-22(17)19(23)25-20(4,5)6/h11-13,17H,7-10,21H2,1-6H3. The third kappa shape index (κ3) is 5.03. The van der Waals surface area contributed by atoms with Crippen LogP contribution in [0.5, 0.6) is 5.75 Å². The minimum atomic E-state index is -0.499. The number of ether oxygens (including phenoxy) is 2. The number of nitrogens with zero attached hydrogens (tertiary/aromatic N) is 1. The molecule has 0 spiro atoms. The monoisotopic (exact) mass is 348 g/mol. The van der Waals surface area contributed by atoms with Gasteiger partial charge in [0.15, 0.2) is 0 Å².